The highest BCUT2D eigenvalue weighted by molar-refractivity contribution is 5.81. The van der Waals surface area contributed by atoms with Gasteiger partial charge in [-0.1, -0.05) is 52.7 Å². The Morgan fingerprint density at radius 2 is 1.96 bits per heavy atom. The van der Waals surface area contributed by atoms with Gasteiger partial charge < -0.3 is 0 Å². The highest BCUT2D eigenvalue weighted by Crippen LogP contribution is 2.18. The van der Waals surface area contributed by atoms with E-state index < -0.39 is 0 Å². The minimum atomic E-state index is 0.349. The molecule has 5 heteroatoms. The molecule has 4 nitrogen and oxygen atoms in total. The molecule has 1 atom stereocenters. The molecule has 23 heavy (non-hydrogen) atoms. The topological polar surface area (TPSA) is 63.0 Å². The average Bonchev–Trinajstić information content (AvgIpc) is 2.54. The zero-order valence-corrected chi connectivity index (χ0v) is 14.9. The third-order valence-corrected chi connectivity index (χ3v) is 2.82. The van der Waals surface area contributed by atoms with Crippen molar-refractivity contribution in [3.8, 4) is 6.07 Å². The molecule has 0 N–H and O–H groups in total. The zero-order chi connectivity index (χ0) is 18.3. The number of hydrogen-bond acceptors (Lipinski definition) is 4. The van der Waals surface area contributed by atoms with Crippen LogP contribution < -0.4 is 0 Å². The first kappa shape index (κ1) is 23.2. The van der Waals surface area contributed by atoms with E-state index in [1.54, 1.807) is 0 Å². The summed E-state index contributed by atoms with van der Waals surface area (Å²) in [6.07, 6.45) is 8.34. The Labute approximate surface area is 138 Å². The second-order valence-corrected chi connectivity index (χ2v) is 4.92. The number of aldehydes is 1. The number of aryl methyl sites for hydroxylation is 1. The molecule has 0 aliphatic heterocycles. The highest BCUT2D eigenvalue weighted by Gasteiger charge is 2.09. The Kier molecular flexibility index (Phi) is 15.0. The van der Waals surface area contributed by atoms with Crippen molar-refractivity contribution in [2.75, 3.05) is 7.11 Å². The number of nitriles is 1. The maximum atomic E-state index is 10.8. The van der Waals surface area contributed by atoms with Gasteiger partial charge in [-0.2, -0.15) is 10.2 Å². The third kappa shape index (κ3) is 9.54. The van der Waals surface area contributed by atoms with E-state index in [0.29, 0.717) is 23.3 Å². The van der Waals surface area contributed by atoms with E-state index >= 15 is 0 Å². The summed E-state index contributed by atoms with van der Waals surface area (Å²) >= 11 is 0. The maximum absolute atomic E-state index is 10.8. The van der Waals surface area contributed by atoms with Gasteiger partial charge >= 0.3 is 0 Å². The third-order valence-electron chi connectivity index (χ3n) is 2.82. The van der Waals surface area contributed by atoms with Crippen LogP contribution in [0.15, 0.2) is 12.3 Å². The van der Waals surface area contributed by atoms with E-state index in [-0.39, 0.29) is 0 Å². The van der Waals surface area contributed by atoms with Gasteiger partial charge in [0.2, 0.25) is 0 Å². The molecule has 1 aromatic rings. The molecule has 1 aromatic heterocycles. The molecule has 0 radical (unpaired) electrons. The second-order valence-electron chi connectivity index (χ2n) is 4.92. The summed E-state index contributed by atoms with van der Waals surface area (Å²) in [5.41, 5.74) is 2.28. The predicted molar refractivity (Wildman–Crippen MR) is 91.6 cm³/mol. The van der Waals surface area contributed by atoms with Crippen LogP contribution in [0.25, 0.3) is 6.08 Å². The standard InChI is InChI=1S/C14H16N2O.C3H8.CH3FO/c1-4-10(2)5-6-13-11(3)16-8-12(9-17)14(13)7-15;2*1-3-2/h5-6,8-10H,4H2,1-3H3;3H2,1-2H3;1H3/b6-5-;;. The lowest BCUT2D eigenvalue weighted by molar-refractivity contribution is -0.0960. The van der Waals surface area contributed by atoms with E-state index in [9.17, 15) is 9.32 Å². The fourth-order valence-electron chi connectivity index (χ4n) is 1.45. The first-order valence-corrected chi connectivity index (χ1v) is 7.64. The van der Waals surface area contributed by atoms with Gasteiger partial charge in [0, 0.05) is 17.5 Å². The van der Waals surface area contributed by atoms with Crippen molar-refractivity contribution in [3.63, 3.8) is 0 Å². The largest absolute Gasteiger partial charge is 0.298 e. The van der Waals surface area contributed by atoms with Crippen molar-refractivity contribution in [3.05, 3.63) is 34.7 Å². The smallest absolute Gasteiger partial charge is 0.152 e. The maximum Gasteiger partial charge on any atom is 0.152 e. The number of aromatic nitrogens is 1. The van der Waals surface area contributed by atoms with Crippen LogP contribution in [-0.2, 0) is 4.94 Å². The number of halogens is 1. The summed E-state index contributed by atoms with van der Waals surface area (Å²) in [5, 5.41) is 9.11. The number of carbonyl (C=O) groups is 1. The van der Waals surface area contributed by atoms with Gasteiger partial charge in [-0.25, -0.2) is 0 Å². The molecule has 0 saturated carbocycles. The van der Waals surface area contributed by atoms with E-state index in [2.05, 4.69) is 43.7 Å². The Morgan fingerprint density at radius 1 is 1.43 bits per heavy atom. The predicted octanol–water partition coefficient (Wildman–Crippen LogP) is 5.07. The van der Waals surface area contributed by atoms with Crippen LogP contribution in [0.5, 0.6) is 0 Å². The molecular formula is C18H27FN2O2. The highest BCUT2D eigenvalue weighted by atomic mass is 19.3. The minimum Gasteiger partial charge on any atom is -0.298 e. The fraction of sp³-hybridized carbons (Fsp3) is 0.500. The Hall–Kier alpha value is -2.06. The SMILES string of the molecule is CCC.CCC(C)/C=C\c1c(C)ncc(C=O)c1C#N.COF. The second kappa shape index (κ2) is 14.9. The van der Waals surface area contributed by atoms with E-state index in [1.165, 1.54) is 12.6 Å². The Morgan fingerprint density at radius 3 is 2.35 bits per heavy atom. The lowest BCUT2D eigenvalue weighted by atomic mass is 10.0. The number of rotatable bonds is 4. The molecule has 0 bridgehead atoms. The Bertz CT molecular complexity index is 520. The number of carbonyl (C=O) groups excluding carboxylic acids is 1. The summed E-state index contributed by atoms with van der Waals surface area (Å²) in [5.74, 6) is 0.445. The molecule has 0 saturated heterocycles. The van der Waals surface area contributed by atoms with E-state index in [0.717, 1.165) is 24.8 Å². The lowest BCUT2D eigenvalue weighted by Crippen LogP contribution is -1.98. The normalized spacial score (nSPS) is 10.7. The van der Waals surface area contributed by atoms with Crippen molar-refractivity contribution < 1.29 is 14.3 Å². The van der Waals surface area contributed by atoms with Crippen LogP contribution in [-0.4, -0.2) is 18.4 Å². The molecule has 1 unspecified atom stereocenters. The van der Waals surface area contributed by atoms with Crippen LogP contribution in [0.2, 0.25) is 0 Å². The summed E-state index contributed by atoms with van der Waals surface area (Å²) in [7, 11) is 0.958. The molecule has 128 valence electrons. The van der Waals surface area contributed by atoms with Crippen molar-refractivity contribution in [2.24, 2.45) is 5.92 Å². The van der Waals surface area contributed by atoms with E-state index in [1.807, 2.05) is 19.1 Å². The number of pyridine rings is 1. The molecule has 0 spiro atoms. The fourth-order valence-corrected chi connectivity index (χ4v) is 1.45. The lowest BCUT2D eigenvalue weighted by Gasteiger charge is -2.06. The summed E-state index contributed by atoms with van der Waals surface area (Å²) in [6.45, 7) is 10.3. The number of hydrogen-bond donors (Lipinski definition) is 0. The first-order valence-electron chi connectivity index (χ1n) is 7.64. The molecule has 0 aromatic carbocycles. The van der Waals surface area contributed by atoms with Gasteiger partial charge in [-0.3, -0.25) is 9.78 Å². The van der Waals surface area contributed by atoms with E-state index in [4.69, 9.17) is 5.26 Å². The van der Waals surface area contributed by atoms with Gasteiger partial charge in [0.1, 0.15) is 6.07 Å². The van der Waals surface area contributed by atoms with Crippen LogP contribution >= 0.6 is 0 Å². The molecule has 0 fully saturated rings. The molecule has 1 heterocycles. The summed E-state index contributed by atoms with van der Waals surface area (Å²) in [6, 6.07) is 2.08. The molecule has 0 aliphatic carbocycles. The van der Waals surface area contributed by atoms with Gasteiger partial charge in [-0.05, 0) is 17.4 Å². The minimum absolute atomic E-state index is 0.349. The van der Waals surface area contributed by atoms with Crippen molar-refractivity contribution >= 4 is 12.4 Å². The van der Waals surface area contributed by atoms with Crippen LogP contribution in [0.1, 0.15) is 67.7 Å². The monoisotopic (exact) mass is 322 g/mol. The first-order chi connectivity index (χ1) is 11.0. The summed E-state index contributed by atoms with van der Waals surface area (Å²) < 4.78 is 9.79. The van der Waals surface area contributed by atoms with Crippen LogP contribution in [0.3, 0.4) is 0 Å². The molecular weight excluding hydrogens is 295 g/mol. The van der Waals surface area contributed by atoms with Crippen molar-refractivity contribution in [1.82, 2.24) is 4.98 Å². The molecule has 0 aliphatic rings. The van der Waals surface area contributed by atoms with Gasteiger partial charge in [0.25, 0.3) is 0 Å². The summed E-state index contributed by atoms with van der Waals surface area (Å²) in [4.78, 5) is 17.7. The van der Waals surface area contributed by atoms with Crippen LogP contribution in [0, 0.1) is 24.2 Å². The van der Waals surface area contributed by atoms with Gasteiger partial charge in [-0.15, -0.1) is 0 Å². The van der Waals surface area contributed by atoms with Gasteiger partial charge in [0.05, 0.1) is 18.2 Å². The zero-order valence-electron chi connectivity index (χ0n) is 14.9. The number of allylic oxidation sites excluding steroid dienone is 1. The van der Waals surface area contributed by atoms with Crippen molar-refractivity contribution in [1.29, 1.82) is 5.26 Å². The van der Waals surface area contributed by atoms with Crippen molar-refractivity contribution in [2.45, 2.75) is 47.5 Å². The quantitative estimate of drug-likeness (QED) is 0.726. The van der Waals surface area contributed by atoms with Crippen LogP contribution in [0.4, 0.5) is 4.53 Å². The molecule has 0 amide bonds. The Balaban J connectivity index is 0. The van der Waals surface area contributed by atoms with Gasteiger partial charge in [0.15, 0.2) is 6.29 Å². The molecule has 1 rings (SSSR count). The average molecular weight is 322 g/mol. The number of nitrogens with zero attached hydrogens (tertiary/aromatic N) is 2.